The van der Waals surface area contributed by atoms with E-state index >= 15 is 0 Å². The standard InChI is InChI=1S/C15H16NO.BrH.Mg/c1-16(2)14-10-8-13(9-11-14)15(17)12-6-4-3-5-7-12;;/h3-11,15H,1-2H3;1H;/q-1;;+2/p-1. The number of benzene rings is 2. The Morgan fingerprint density at radius 1 is 0.842 bits per heavy atom. The van der Waals surface area contributed by atoms with Gasteiger partial charge < -0.3 is 27.0 Å². The van der Waals surface area contributed by atoms with Crippen LogP contribution >= 0.6 is 0 Å². The molecule has 0 bridgehead atoms. The van der Waals surface area contributed by atoms with E-state index in [-0.39, 0.29) is 40.0 Å². The third-order valence-corrected chi connectivity index (χ3v) is 2.81. The molecular weight excluding hydrogens is 314 g/mol. The van der Waals surface area contributed by atoms with E-state index in [4.69, 9.17) is 0 Å². The second-order valence-electron chi connectivity index (χ2n) is 4.28. The molecule has 0 saturated heterocycles. The van der Waals surface area contributed by atoms with Gasteiger partial charge in [-0.1, -0.05) is 59.7 Å². The first-order valence-electron chi connectivity index (χ1n) is 5.66. The maximum absolute atomic E-state index is 12.2. The van der Waals surface area contributed by atoms with Gasteiger partial charge in [-0.05, 0) is 12.1 Å². The summed E-state index contributed by atoms with van der Waals surface area (Å²) in [5.41, 5.74) is 2.72. The normalized spacial score (nSPS) is 10.9. The Hall–Kier alpha value is -0.554. The van der Waals surface area contributed by atoms with Crippen molar-refractivity contribution in [2.45, 2.75) is 6.10 Å². The maximum Gasteiger partial charge on any atom is 2.00 e. The van der Waals surface area contributed by atoms with Crippen molar-refractivity contribution < 1.29 is 22.1 Å². The molecule has 19 heavy (non-hydrogen) atoms. The monoisotopic (exact) mass is 329 g/mol. The molecular formula is C15H16BrMgNO. The number of hydrogen-bond acceptors (Lipinski definition) is 2. The van der Waals surface area contributed by atoms with Crippen LogP contribution in [-0.2, 0) is 0 Å². The van der Waals surface area contributed by atoms with E-state index in [0.29, 0.717) is 0 Å². The molecule has 0 fully saturated rings. The molecule has 0 aliphatic rings. The summed E-state index contributed by atoms with van der Waals surface area (Å²) in [6.45, 7) is 0. The van der Waals surface area contributed by atoms with Crippen LogP contribution in [0.15, 0.2) is 54.6 Å². The molecule has 0 aliphatic carbocycles. The fraction of sp³-hybridized carbons (Fsp3) is 0.200. The van der Waals surface area contributed by atoms with E-state index in [0.717, 1.165) is 16.8 Å². The van der Waals surface area contributed by atoms with Crippen LogP contribution in [0.5, 0.6) is 0 Å². The van der Waals surface area contributed by atoms with Crippen LogP contribution in [0, 0.1) is 0 Å². The fourth-order valence-corrected chi connectivity index (χ4v) is 1.77. The van der Waals surface area contributed by atoms with Gasteiger partial charge in [0, 0.05) is 19.8 Å². The zero-order valence-corrected chi connectivity index (χ0v) is 14.2. The van der Waals surface area contributed by atoms with Crippen molar-refractivity contribution in [1.82, 2.24) is 0 Å². The van der Waals surface area contributed by atoms with Crippen LogP contribution in [0.2, 0.25) is 0 Å². The van der Waals surface area contributed by atoms with Gasteiger partial charge in [-0.25, -0.2) is 0 Å². The van der Waals surface area contributed by atoms with Crippen LogP contribution in [0.4, 0.5) is 5.69 Å². The molecule has 4 heteroatoms. The molecule has 2 nitrogen and oxygen atoms in total. The van der Waals surface area contributed by atoms with Gasteiger partial charge in [0.25, 0.3) is 0 Å². The average molecular weight is 331 g/mol. The van der Waals surface area contributed by atoms with E-state index in [1.807, 2.05) is 73.6 Å². The Morgan fingerprint density at radius 2 is 1.32 bits per heavy atom. The van der Waals surface area contributed by atoms with Gasteiger partial charge in [0.15, 0.2) is 0 Å². The molecule has 0 N–H and O–H groups in total. The molecule has 0 radical (unpaired) electrons. The number of anilines is 1. The zero-order valence-electron chi connectivity index (χ0n) is 11.2. The molecule has 1 atom stereocenters. The van der Waals surface area contributed by atoms with E-state index in [1.54, 1.807) is 0 Å². The van der Waals surface area contributed by atoms with Crippen molar-refractivity contribution in [2.24, 2.45) is 0 Å². The van der Waals surface area contributed by atoms with E-state index in [2.05, 4.69) is 0 Å². The van der Waals surface area contributed by atoms with Gasteiger partial charge in [0.1, 0.15) is 0 Å². The summed E-state index contributed by atoms with van der Waals surface area (Å²) >= 11 is 0. The van der Waals surface area contributed by atoms with Crippen molar-refractivity contribution >= 4 is 28.7 Å². The number of hydrogen-bond donors (Lipinski definition) is 0. The molecule has 2 aromatic carbocycles. The van der Waals surface area contributed by atoms with Crippen molar-refractivity contribution in [3.8, 4) is 0 Å². The van der Waals surface area contributed by atoms with Crippen LogP contribution in [0.25, 0.3) is 0 Å². The molecule has 0 aliphatic heterocycles. The summed E-state index contributed by atoms with van der Waals surface area (Å²) in [5.74, 6) is 0. The SMILES string of the molecule is CN(C)c1ccc(C([O-])c2ccccc2)cc1.[Br-].[Mg+2]. The summed E-state index contributed by atoms with van der Waals surface area (Å²) in [7, 11) is 3.97. The first kappa shape index (κ1) is 18.4. The van der Waals surface area contributed by atoms with Gasteiger partial charge in [-0.3, -0.25) is 0 Å². The summed E-state index contributed by atoms with van der Waals surface area (Å²) in [6.07, 6.45) is -0.799. The van der Waals surface area contributed by atoms with Gasteiger partial charge in [-0.15, -0.1) is 0 Å². The second kappa shape index (κ2) is 8.58. The number of rotatable bonds is 3. The van der Waals surface area contributed by atoms with Crippen molar-refractivity contribution in [3.63, 3.8) is 0 Å². The number of nitrogens with zero attached hydrogens (tertiary/aromatic N) is 1. The molecule has 0 saturated carbocycles. The Kier molecular flexibility index (Phi) is 8.33. The molecule has 96 valence electrons. The summed E-state index contributed by atoms with van der Waals surface area (Å²) in [6, 6.07) is 17.2. The topological polar surface area (TPSA) is 26.3 Å². The Bertz CT molecular complexity index is 473. The second-order valence-corrected chi connectivity index (χ2v) is 4.28. The van der Waals surface area contributed by atoms with Crippen molar-refractivity contribution in [3.05, 3.63) is 65.7 Å². The quantitative estimate of drug-likeness (QED) is 0.663. The number of halogens is 1. The fourth-order valence-electron chi connectivity index (χ4n) is 1.77. The minimum Gasteiger partial charge on any atom is -1.00 e. The van der Waals surface area contributed by atoms with Gasteiger partial charge in [-0.2, -0.15) is 0 Å². The van der Waals surface area contributed by atoms with E-state index in [1.165, 1.54) is 0 Å². The van der Waals surface area contributed by atoms with Gasteiger partial charge >= 0.3 is 23.1 Å². The van der Waals surface area contributed by atoms with Crippen LogP contribution in [-0.4, -0.2) is 37.1 Å². The molecule has 0 heterocycles. The van der Waals surface area contributed by atoms with Gasteiger partial charge in [0.05, 0.1) is 0 Å². The maximum atomic E-state index is 12.2. The third kappa shape index (κ3) is 4.80. The van der Waals surface area contributed by atoms with Crippen molar-refractivity contribution in [2.75, 3.05) is 19.0 Å². The Labute approximate surface area is 141 Å². The average Bonchev–Trinajstić information content (AvgIpc) is 2.39. The zero-order chi connectivity index (χ0) is 12.3. The predicted octanol–water partition coefficient (Wildman–Crippen LogP) is -1.17. The predicted molar refractivity (Wildman–Crippen MR) is 74.8 cm³/mol. The molecule has 0 spiro atoms. The van der Waals surface area contributed by atoms with Gasteiger partial charge in [0.2, 0.25) is 0 Å². The summed E-state index contributed by atoms with van der Waals surface area (Å²) in [5, 5.41) is 12.2. The van der Waals surface area contributed by atoms with Crippen LogP contribution in [0.3, 0.4) is 0 Å². The smallest absolute Gasteiger partial charge is 1.00 e. The van der Waals surface area contributed by atoms with Crippen LogP contribution < -0.4 is 27.0 Å². The third-order valence-electron chi connectivity index (χ3n) is 2.81. The first-order chi connectivity index (χ1) is 8.18. The molecule has 2 rings (SSSR count). The molecule has 0 amide bonds. The molecule has 2 aromatic rings. The summed E-state index contributed by atoms with van der Waals surface area (Å²) < 4.78 is 0. The Morgan fingerprint density at radius 3 is 1.79 bits per heavy atom. The van der Waals surface area contributed by atoms with Crippen molar-refractivity contribution in [1.29, 1.82) is 0 Å². The molecule has 1 unspecified atom stereocenters. The minimum atomic E-state index is -0.799. The largest absolute Gasteiger partial charge is 2.00 e. The van der Waals surface area contributed by atoms with E-state index < -0.39 is 6.10 Å². The van der Waals surface area contributed by atoms with Crippen LogP contribution in [0.1, 0.15) is 17.2 Å². The summed E-state index contributed by atoms with van der Waals surface area (Å²) in [4.78, 5) is 2.02. The Balaban J connectivity index is 0.00000162. The minimum absolute atomic E-state index is 0. The molecule has 0 aromatic heterocycles. The first-order valence-corrected chi connectivity index (χ1v) is 5.66. The van der Waals surface area contributed by atoms with E-state index in [9.17, 15) is 5.11 Å².